The highest BCUT2D eigenvalue weighted by Gasteiger charge is 2.75. The van der Waals surface area contributed by atoms with E-state index in [4.69, 9.17) is 18.9 Å². The molecule has 6 nitrogen and oxygen atoms in total. The van der Waals surface area contributed by atoms with Crippen molar-refractivity contribution in [3.8, 4) is 0 Å². The third kappa shape index (κ3) is 4.07. The Hall–Kier alpha value is -1.80. The van der Waals surface area contributed by atoms with E-state index in [9.17, 15) is 10.2 Å². The lowest BCUT2D eigenvalue weighted by Crippen LogP contribution is -2.75. The van der Waals surface area contributed by atoms with Gasteiger partial charge in [-0.25, -0.2) is 0 Å². The average Bonchev–Trinajstić information content (AvgIpc) is 3.51. The minimum absolute atomic E-state index is 0.344. The average molecular weight is 521 g/mol. The Morgan fingerprint density at radius 1 is 0.500 bits per heavy atom. The zero-order valence-corrected chi connectivity index (χ0v) is 22.1. The molecule has 0 aromatic heterocycles. The first-order chi connectivity index (χ1) is 18.4. The number of hydrogen-bond acceptors (Lipinski definition) is 6. The number of fused-ring (bicyclic) bond motifs is 2. The summed E-state index contributed by atoms with van der Waals surface area (Å²) < 4.78 is 27.3. The van der Waals surface area contributed by atoms with Gasteiger partial charge in [-0.1, -0.05) is 73.5 Å². The molecule has 5 fully saturated rings. The predicted octanol–water partition coefficient (Wildman–Crippen LogP) is 4.84. The Bertz CT molecular complexity index is 990. The van der Waals surface area contributed by atoms with Crippen LogP contribution in [0.25, 0.3) is 0 Å². The maximum Gasteiger partial charge on any atom is 0.169 e. The maximum absolute atomic E-state index is 12.8. The van der Waals surface area contributed by atoms with Crippen LogP contribution in [-0.4, -0.2) is 57.4 Å². The summed E-state index contributed by atoms with van der Waals surface area (Å²) in [7, 11) is 0. The molecule has 2 N–H and O–H groups in total. The van der Waals surface area contributed by atoms with Crippen LogP contribution >= 0.6 is 0 Å². The van der Waals surface area contributed by atoms with Crippen molar-refractivity contribution < 1.29 is 29.2 Å². The van der Waals surface area contributed by atoms with Crippen molar-refractivity contribution in [3.05, 3.63) is 71.8 Å². The van der Waals surface area contributed by atoms with Gasteiger partial charge >= 0.3 is 0 Å². The lowest BCUT2D eigenvalue weighted by molar-refractivity contribution is -0.245. The van der Waals surface area contributed by atoms with Crippen LogP contribution in [0.3, 0.4) is 0 Å². The van der Waals surface area contributed by atoms with Crippen LogP contribution in [0.1, 0.15) is 75.3 Å². The first-order valence-electron chi connectivity index (χ1n) is 14.7. The maximum atomic E-state index is 12.8. The summed E-state index contributed by atoms with van der Waals surface area (Å²) in [5.74, 6) is -1.58. The van der Waals surface area contributed by atoms with E-state index in [1.54, 1.807) is 0 Å². The van der Waals surface area contributed by atoms with E-state index in [2.05, 4.69) is 0 Å². The third-order valence-corrected chi connectivity index (χ3v) is 9.78. The van der Waals surface area contributed by atoms with Gasteiger partial charge in [0.25, 0.3) is 0 Å². The van der Waals surface area contributed by atoms with Gasteiger partial charge in [-0.2, -0.15) is 0 Å². The molecule has 2 aromatic carbocycles. The van der Waals surface area contributed by atoms with E-state index in [0.717, 1.165) is 75.3 Å². The van der Waals surface area contributed by atoms with Crippen LogP contribution in [0.15, 0.2) is 60.7 Å². The third-order valence-electron chi connectivity index (χ3n) is 9.78. The van der Waals surface area contributed by atoms with E-state index < -0.39 is 47.2 Å². The van der Waals surface area contributed by atoms with Crippen molar-refractivity contribution in [2.45, 2.75) is 124 Å². The zero-order valence-electron chi connectivity index (χ0n) is 22.1. The second kappa shape index (κ2) is 9.39. The number of aliphatic hydroxyl groups is 2. The van der Waals surface area contributed by atoms with Crippen molar-refractivity contribution in [3.63, 3.8) is 0 Å². The highest BCUT2D eigenvalue weighted by molar-refractivity contribution is 5.29. The molecule has 2 aromatic rings. The van der Waals surface area contributed by atoms with Crippen molar-refractivity contribution in [2.75, 3.05) is 0 Å². The molecule has 2 heterocycles. The standard InChI is InChI=1S/C32H40O6/c33-31(21-23-13-5-1-6-14-23)25-27(37-29(35-25)17-9-3-10-18-29)32(34,22-24-15-7-2-8-16-24)28-26(31)36-30(38-28)19-11-4-12-20-30/h1-2,5-8,13-16,25-28,33-34H,3-4,9-12,17-22H2/t25-,26-,27-,28+,31+,32+/m1/s1. The lowest BCUT2D eigenvalue weighted by atomic mass is 9.64. The summed E-state index contributed by atoms with van der Waals surface area (Å²) >= 11 is 0. The highest BCUT2D eigenvalue weighted by atomic mass is 16.8. The molecule has 38 heavy (non-hydrogen) atoms. The zero-order chi connectivity index (χ0) is 25.8. The smallest absolute Gasteiger partial charge is 0.169 e. The molecule has 2 saturated heterocycles. The largest absolute Gasteiger partial charge is 0.384 e. The van der Waals surface area contributed by atoms with Gasteiger partial charge < -0.3 is 29.2 Å². The lowest BCUT2D eigenvalue weighted by Gasteiger charge is -2.52. The van der Waals surface area contributed by atoms with E-state index in [1.165, 1.54) is 0 Å². The molecule has 0 unspecified atom stereocenters. The number of benzene rings is 2. The normalized spacial score (nSPS) is 39.2. The summed E-state index contributed by atoms with van der Waals surface area (Å²) in [4.78, 5) is 0. The molecule has 7 rings (SSSR count). The number of rotatable bonds is 4. The van der Waals surface area contributed by atoms with Crippen LogP contribution in [0, 0.1) is 0 Å². The molecule has 6 heteroatoms. The van der Waals surface area contributed by atoms with Crippen molar-refractivity contribution in [1.29, 1.82) is 0 Å². The van der Waals surface area contributed by atoms with Crippen molar-refractivity contribution in [1.82, 2.24) is 0 Å². The van der Waals surface area contributed by atoms with Crippen molar-refractivity contribution >= 4 is 0 Å². The van der Waals surface area contributed by atoms with E-state index in [0.29, 0.717) is 12.8 Å². The second-order valence-corrected chi connectivity index (χ2v) is 12.4. The van der Waals surface area contributed by atoms with Crippen LogP contribution in [0.2, 0.25) is 0 Å². The van der Waals surface area contributed by atoms with E-state index in [1.807, 2.05) is 60.7 Å². The minimum atomic E-state index is -1.42. The SMILES string of the molecule is O[C@@]1(Cc2ccccc2)[C@@H]2OC3(CCCCC3)O[C@H]2[C@@](O)(Cc2ccccc2)[C@H]2OC3(CCCCC3)O[C@H]21. The van der Waals surface area contributed by atoms with Gasteiger partial charge in [-0.3, -0.25) is 0 Å². The Morgan fingerprint density at radius 2 is 0.816 bits per heavy atom. The van der Waals surface area contributed by atoms with Gasteiger partial charge in [0, 0.05) is 38.5 Å². The van der Waals surface area contributed by atoms with Crippen LogP contribution in [0.4, 0.5) is 0 Å². The first-order valence-corrected chi connectivity index (χ1v) is 14.7. The summed E-state index contributed by atoms with van der Waals surface area (Å²) in [6, 6.07) is 20.1. The van der Waals surface area contributed by atoms with E-state index >= 15 is 0 Å². The Labute approximate surface area is 225 Å². The number of hydrogen-bond donors (Lipinski definition) is 2. The summed E-state index contributed by atoms with van der Waals surface area (Å²) in [6.07, 6.45) is 7.14. The Balaban J connectivity index is 1.34. The molecule has 2 aliphatic heterocycles. The first kappa shape index (κ1) is 25.2. The second-order valence-electron chi connectivity index (χ2n) is 12.4. The topological polar surface area (TPSA) is 77.4 Å². The van der Waals surface area contributed by atoms with Crippen LogP contribution < -0.4 is 0 Å². The van der Waals surface area contributed by atoms with Gasteiger partial charge in [0.15, 0.2) is 11.6 Å². The molecule has 0 bridgehead atoms. The Kier molecular flexibility index (Phi) is 6.23. The van der Waals surface area contributed by atoms with Crippen LogP contribution in [-0.2, 0) is 31.8 Å². The summed E-state index contributed by atoms with van der Waals surface area (Å²) in [5.41, 5.74) is -0.826. The van der Waals surface area contributed by atoms with Gasteiger partial charge in [0.2, 0.25) is 0 Å². The Morgan fingerprint density at radius 3 is 1.13 bits per heavy atom. The molecular formula is C32H40O6. The molecule has 0 radical (unpaired) electrons. The molecule has 3 saturated carbocycles. The fourth-order valence-corrected chi connectivity index (χ4v) is 7.91. The number of ether oxygens (including phenoxy) is 4. The highest BCUT2D eigenvalue weighted by Crippen LogP contribution is 2.58. The van der Waals surface area contributed by atoms with Gasteiger partial charge in [-0.15, -0.1) is 0 Å². The van der Waals surface area contributed by atoms with Gasteiger partial charge in [0.1, 0.15) is 35.6 Å². The molecule has 3 aliphatic carbocycles. The van der Waals surface area contributed by atoms with Gasteiger partial charge in [0.05, 0.1) is 0 Å². The van der Waals surface area contributed by atoms with E-state index in [-0.39, 0.29) is 0 Å². The predicted molar refractivity (Wildman–Crippen MR) is 141 cm³/mol. The summed E-state index contributed by atoms with van der Waals surface area (Å²) in [5, 5.41) is 25.5. The quantitative estimate of drug-likeness (QED) is 0.601. The molecule has 6 atom stereocenters. The summed E-state index contributed by atoms with van der Waals surface area (Å²) in [6.45, 7) is 0. The molecule has 5 aliphatic rings. The molecular weight excluding hydrogens is 480 g/mol. The fraction of sp³-hybridized carbons (Fsp3) is 0.625. The monoisotopic (exact) mass is 520 g/mol. The van der Waals surface area contributed by atoms with Gasteiger partial charge in [-0.05, 0) is 36.8 Å². The molecule has 0 amide bonds. The van der Waals surface area contributed by atoms with Crippen molar-refractivity contribution in [2.24, 2.45) is 0 Å². The fourth-order valence-electron chi connectivity index (χ4n) is 7.91. The minimum Gasteiger partial charge on any atom is -0.384 e. The van der Waals surface area contributed by atoms with Crippen LogP contribution in [0.5, 0.6) is 0 Å². The molecule has 204 valence electrons. The molecule has 2 spiro atoms.